The number of nitrogens with one attached hydrogen (secondary N) is 2. The molecule has 0 radical (unpaired) electrons. The average molecular weight is 263 g/mol. The van der Waals surface area contributed by atoms with Crippen LogP contribution in [-0.4, -0.2) is 27.2 Å². The van der Waals surface area contributed by atoms with Crippen LogP contribution in [0.15, 0.2) is 30.6 Å². The van der Waals surface area contributed by atoms with Crippen molar-refractivity contribution < 1.29 is 14.7 Å². The number of aromatic amines is 1. The highest BCUT2D eigenvalue weighted by Crippen LogP contribution is 2.19. The fourth-order valence-corrected chi connectivity index (χ4v) is 2.04. The Labute approximate surface area is 106 Å². The molecule has 2 rings (SSSR count). The van der Waals surface area contributed by atoms with Crippen molar-refractivity contribution in [2.75, 3.05) is 5.32 Å². The zero-order chi connectivity index (χ0) is 13.0. The number of hydrogen-bond donors (Lipinski definition) is 3. The minimum Gasteiger partial charge on any atom is -0.478 e. The number of carboxylic acids is 1. The molecule has 2 aromatic rings. The maximum absolute atomic E-state index is 11.8. The standard InChI is InChI=1S/C11H9N3O3S/c15-10(16)4-2-8-1-3-9(18-8)11(17)14-7-5-12-13-6-7/h1-6H,(H,12,13)(H,14,17)(H,15,16)/b4-2+. The molecule has 0 saturated heterocycles. The largest absolute Gasteiger partial charge is 0.478 e. The minimum absolute atomic E-state index is 0.253. The molecule has 0 spiro atoms. The molecule has 0 aliphatic carbocycles. The first-order valence-corrected chi connectivity index (χ1v) is 5.78. The zero-order valence-electron chi connectivity index (χ0n) is 9.08. The summed E-state index contributed by atoms with van der Waals surface area (Å²) in [6.45, 7) is 0. The summed E-state index contributed by atoms with van der Waals surface area (Å²) in [7, 11) is 0. The van der Waals surface area contributed by atoms with Crippen LogP contribution in [0.3, 0.4) is 0 Å². The van der Waals surface area contributed by atoms with E-state index in [-0.39, 0.29) is 5.91 Å². The smallest absolute Gasteiger partial charge is 0.328 e. The first-order chi connectivity index (χ1) is 8.65. The number of aliphatic carboxylic acids is 1. The monoisotopic (exact) mass is 263 g/mol. The van der Waals surface area contributed by atoms with Crippen molar-refractivity contribution in [3.63, 3.8) is 0 Å². The van der Waals surface area contributed by atoms with Crippen LogP contribution in [0.2, 0.25) is 0 Å². The van der Waals surface area contributed by atoms with Crippen molar-refractivity contribution in [2.45, 2.75) is 0 Å². The molecular weight excluding hydrogens is 254 g/mol. The first kappa shape index (κ1) is 12.1. The third kappa shape index (κ3) is 3.05. The first-order valence-electron chi connectivity index (χ1n) is 4.96. The van der Waals surface area contributed by atoms with E-state index in [9.17, 15) is 9.59 Å². The van der Waals surface area contributed by atoms with Gasteiger partial charge in [0.05, 0.1) is 16.8 Å². The van der Waals surface area contributed by atoms with Gasteiger partial charge in [0.2, 0.25) is 0 Å². The van der Waals surface area contributed by atoms with Crippen molar-refractivity contribution in [2.24, 2.45) is 0 Å². The Hall–Kier alpha value is -2.41. The number of H-pyrrole nitrogens is 1. The molecule has 0 atom stereocenters. The molecule has 18 heavy (non-hydrogen) atoms. The number of amides is 1. The molecule has 6 nitrogen and oxygen atoms in total. The second kappa shape index (κ2) is 5.28. The highest BCUT2D eigenvalue weighted by molar-refractivity contribution is 7.15. The van der Waals surface area contributed by atoms with E-state index >= 15 is 0 Å². The molecule has 0 unspecified atom stereocenters. The van der Waals surface area contributed by atoms with Crippen LogP contribution in [0, 0.1) is 0 Å². The summed E-state index contributed by atoms with van der Waals surface area (Å²) >= 11 is 1.21. The fraction of sp³-hybridized carbons (Fsp3) is 0. The highest BCUT2D eigenvalue weighted by Gasteiger charge is 2.09. The molecule has 0 fully saturated rings. The molecule has 0 aliphatic heterocycles. The molecule has 0 aromatic carbocycles. The van der Waals surface area contributed by atoms with Gasteiger partial charge in [-0.25, -0.2) is 4.79 Å². The van der Waals surface area contributed by atoms with Gasteiger partial charge < -0.3 is 10.4 Å². The zero-order valence-corrected chi connectivity index (χ0v) is 9.90. The summed E-state index contributed by atoms with van der Waals surface area (Å²) in [6, 6.07) is 3.33. The van der Waals surface area contributed by atoms with Crippen molar-refractivity contribution in [1.29, 1.82) is 0 Å². The van der Waals surface area contributed by atoms with Gasteiger partial charge in [-0.3, -0.25) is 9.89 Å². The normalized spacial score (nSPS) is 10.7. The minimum atomic E-state index is -1.02. The Morgan fingerprint density at radius 3 is 2.94 bits per heavy atom. The van der Waals surface area contributed by atoms with Gasteiger partial charge in [0.25, 0.3) is 5.91 Å². The fourth-order valence-electron chi connectivity index (χ4n) is 1.23. The van der Waals surface area contributed by atoms with E-state index in [1.807, 2.05) is 0 Å². The number of thiophene rings is 1. The summed E-state index contributed by atoms with van der Waals surface area (Å²) < 4.78 is 0. The van der Waals surface area contributed by atoms with Crippen molar-refractivity contribution in [3.8, 4) is 0 Å². The topological polar surface area (TPSA) is 95.1 Å². The van der Waals surface area contributed by atoms with Gasteiger partial charge in [0, 0.05) is 17.2 Å². The van der Waals surface area contributed by atoms with Crippen LogP contribution in [0.25, 0.3) is 6.08 Å². The second-order valence-corrected chi connectivity index (χ2v) is 4.43. The van der Waals surface area contributed by atoms with Gasteiger partial charge in [-0.05, 0) is 18.2 Å². The van der Waals surface area contributed by atoms with E-state index in [0.29, 0.717) is 15.4 Å². The molecular formula is C11H9N3O3S. The number of hydrogen-bond acceptors (Lipinski definition) is 4. The van der Waals surface area contributed by atoms with E-state index in [4.69, 9.17) is 5.11 Å². The summed E-state index contributed by atoms with van der Waals surface area (Å²) in [5.41, 5.74) is 0.580. The Balaban J connectivity index is 2.05. The maximum Gasteiger partial charge on any atom is 0.328 e. The highest BCUT2D eigenvalue weighted by atomic mass is 32.1. The molecule has 2 aromatic heterocycles. The number of anilines is 1. The van der Waals surface area contributed by atoms with E-state index in [2.05, 4.69) is 15.5 Å². The number of aromatic nitrogens is 2. The van der Waals surface area contributed by atoms with Crippen LogP contribution in [0.1, 0.15) is 14.5 Å². The van der Waals surface area contributed by atoms with E-state index in [1.54, 1.807) is 18.3 Å². The Kier molecular flexibility index (Phi) is 3.54. The number of carbonyl (C=O) groups is 2. The second-order valence-electron chi connectivity index (χ2n) is 3.31. The molecule has 3 N–H and O–H groups in total. The van der Waals surface area contributed by atoms with Crippen LogP contribution >= 0.6 is 11.3 Å². The summed E-state index contributed by atoms with van der Waals surface area (Å²) in [5, 5.41) is 17.4. The predicted octanol–water partition coefficient (Wildman–Crippen LogP) is 1.82. The molecule has 92 valence electrons. The van der Waals surface area contributed by atoms with Crippen LogP contribution < -0.4 is 5.32 Å². The molecule has 0 aliphatic rings. The summed E-state index contributed by atoms with van der Waals surface area (Å²) in [6.07, 6.45) is 5.54. The van der Waals surface area contributed by atoms with E-state index in [0.717, 1.165) is 6.08 Å². The number of carbonyl (C=O) groups excluding carboxylic acids is 1. The molecule has 0 saturated carbocycles. The lowest BCUT2D eigenvalue weighted by Crippen LogP contribution is -2.09. The number of rotatable bonds is 4. The van der Waals surface area contributed by atoms with E-state index in [1.165, 1.54) is 23.6 Å². The number of carboxylic acid groups (broad SMARTS) is 1. The van der Waals surface area contributed by atoms with Crippen molar-refractivity contribution in [1.82, 2.24) is 10.2 Å². The van der Waals surface area contributed by atoms with Gasteiger partial charge in [0.1, 0.15) is 0 Å². The maximum atomic E-state index is 11.8. The Morgan fingerprint density at radius 2 is 2.28 bits per heavy atom. The van der Waals surface area contributed by atoms with Gasteiger partial charge in [-0.15, -0.1) is 11.3 Å². The van der Waals surface area contributed by atoms with Gasteiger partial charge in [0.15, 0.2) is 0 Å². The molecule has 1 amide bonds. The Bertz CT molecular complexity index is 586. The van der Waals surface area contributed by atoms with Crippen molar-refractivity contribution >= 4 is 35.0 Å². The molecule has 7 heteroatoms. The summed E-state index contributed by atoms with van der Waals surface area (Å²) in [4.78, 5) is 23.3. The van der Waals surface area contributed by atoms with Crippen molar-refractivity contribution in [3.05, 3.63) is 40.4 Å². The third-order valence-corrected chi connectivity index (χ3v) is 3.05. The lowest BCUT2D eigenvalue weighted by molar-refractivity contribution is -0.131. The number of nitrogens with zero attached hydrogens (tertiary/aromatic N) is 1. The lowest BCUT2D eigenvalue weighted by Gasteiger charge is -1.97. The molecule has 0 bridgehead atoms. The molecule has 2 heterocycles. The lowest BCUT2D eigenvalue weighted by atomic mass is 10.3. The third-order valence-electron chi connectivity index (χ3n) is 2.00. The van der Waals surface area contributed by atoms with E-state index < -0.39 is 5.97 Å². The average Bonchev–Trinajstić information content (AvgIpc) is 2.96. The SMILES string of the molecule is O=C(O)/C=C/c1ccc(C(=O)Nc2cn[nH]c2)s1. The van der Waals surface area contributed by atoms with Crippen LogP contribution in [-0.2, 0) is 4.79 Å². The van der Waals surface area contributed by atoms with Gasteiger partial charge in [-0.1, -0.05) is 0 Å². The quantitative estimate of drug-likeness (QED) is 0.733. The Morgan fingerprint density at radius 1 is 1.44 bits per heavy atom. The van der Waals surface area contributed by atoms with Gasteiger partial charge >= 0.3 is 5.97 Å². The van der Waals surface area contributed by atoms with Crippen LogP contribution in [0.5, 0.6) is 0 Å². The van der Waals surface area contributed by atoms with Crippen LogP contribution in [0.4, 0.5) is 5.69 Å². The van der Waals surface area contributed by atoms with Gasteiger partial charge in [-0.2, -0.15) is 5.10 Å². The summed E-state index contributed by atoms with van der Waals surface area (Å²) in [5.74, 6) is -1.27. The predicted molar refractivity (Wildman–Crippen MR) is 67.5 cm³/mol.